The lowest BCUT2D eigenvalue weighted by Crippen LogP contribution is -2.11. The summed E-state index contributed by atoms with van der Waals surface area (Å²) in [5.74, 6) is 0.978. The molecule has 0 heterocycles. The van der Waals surface area contributed by atoms with Gasteiger partial charge >= 0.3 is 0 Å². The minimum Gasteiger partial charge on any atom is -0.496 e. The minimum atomic E-state index is 0. The first kappa shape index (κ1) is 16.3. The van der Waals surface area contributed by atoms with E-state index in [2.05, 4.69) is 32.9 Å². The van der Waals surface area contributed by atoms with Crippen molar-refractivity contribution in [3.8, 4) is 5.75 Å². The molecule has 0 saturated heterocycles. The Morgan fingerprint density at radius 2 is 1.76 bits per heavy atom. The second-order valence-corrected chi connectivity index (χ2v) is 4.44. The van der Waals surface area contributed by atoms with Gasteiger partial charge in [-0.25, -0.2) is 0 Å². The van der Waals surface area contributed by atoms with Gasteiger partial charge in [0.15, 0.2) is 0 Å². The van der Waals surface area contributed by atoms with Crippen LogP contribution in [0.2, 0.25) is 0 Å². The Labute approximate surface area is 111 Å². The predicted molar refractivity (Wildman–Crippen MR) is 76.2 cm³/mol. The third-order valence-corrected chi connectivity index (χ3v) is 2.98. The average molecular weight is 258 g/mol. The molecule has 0 radical (unpaired) electrons. The number of ether oxygens (including phenoxy) is 1. The maximum atomic E-state index is 6.17. The Morgan fingerprint density at radius 3 is 2.18 bits per heavy atom. The van der Waals surface area contributed by atoms with Crippen molar-refractivity contribution in [2.24, 2.45) is 5.73 Å². The number of unbranched alkanes of at least 4 members (excludes halogenated alkanes) is 1. The van der Waals surface area contributed by atoms with Crippen molar-refractivity contribution in [2.75, 3.05) is 7.11 Å². The van der Waals surface area contributed by atoms with Gasteiger partial charge in [0.05, 0.1) is 7.11 Å². The molecule has 0 aliphatic rings. The zero-order valence-corrected chi connectivity index (χ0v) is 12.1. The molecule has 2 nitrogen and oxygen atoms in total. The number of aryl methyl sites for hydroxylation is 2. The molecule has 0 saturated carbocycles. The maximum Gasteiger partial charge on any atom is 0.124 e. The van der Waals surface area contributed by atoms with Gasteiger partial charge in [0.25, 0.3) is 0 Å². The zero-order valence-electron chi connectivity index (χ0n) is 11.2. The first-order chi connectivity index (χ1) is 7.60. The van der Waals surface area contributed by atoms with Crippen molar-refractivity contribution in [1.82, 2.24) is 0 Å². The summed E-state index contributed by atoms with van der Waals surface area (Å²) in [7, 11) is 1.71. The summed E-state index contributed by atoms with van der Waals surface area (Å²) in [6, 6.07) is 4.45. The lowest BCUT2D eigenvalue weighted by molar-refractivity contribution is 0.408. The molecule has 3 heteroatoms. The third kappa shape index (κ3) is 4.21. The fourth-order valence-electron chi connectivity index (χ4n) is 2.11. The van der Waals surface area contributed by atoms with Crippen LogP contribution < -0.4 is 10.5 Å². The van der Waals surface area contributed by atoms with Gasteiger partial charge in [0, 0.05) is 6.04 Å². The highest BCUT2D eigenvalue weighted by Gasteiger charge is 2.10. The van der Waals surface area contributed by atoms with Crippen LogP contribution in [0.3, 0.4) is 0 Å². The van der Waals surface area contributed by atoms with Gasteiger partial charge in [-0.15, -0.1) is 12.4 Å². The molecule has 0 fully saturated rings. The van der Waals surface area contributed by atoms with Gasteiger partial charge in [0.2, 0.25) is 0 Å². The molecule has 1 rings (SSSR count). The van der Waals surface area contributed by atoms with Gasteiger partial charge in [-0.3, -0.25) is 0 Å². The van der Waals surface area contributed by atoms with E-state index in [9.17, 15) is 0 Å². The first-order valence-corrected chi connectivity index (χ1v) is 6.00. The van der Waals surface area contributed by atoms with Crippen LogP contribution in [0.1, 0.15) is 48.9 Å². The molecule has 2 N–H and O–H groups in total. The van der Waals surface area contributed by atoms with Crippen molar-refractivity contribution in [3.63, 3.8) is 0 Å². The number of rotatable bonds is 5. The van der Waals surface area contributed by atoms with E-state index in [0.717, 1.165) is 12.2 Å². The summed E-state index contributed by atoms with van der Waals surface area (Å²) in [6.45, 7) is 6.33. The highest BCUT2D eigenvalue weighted by molar-refractivity contribution is 5.85. The molecule has 0 unspecified atom stereocenters. The number of hydrogen-bond acceptors (Lipinski definition) is 2. The molecule has 1 aromatic carbocycles. The van der Waals surface area contributed by atoms with Crippen LogP contribution in [-0.4, -0.2) is 7.11 Å². The number of nitrogens with two attached hydrogens (primary N) is 1. The fourth-order valence-corrected chi connectivity index (χ4v) is 2.11. The maximum absolute atomic E-state index is 6.17. The molecule has 0 aliphatic carbocycles. The van der Waals surface area contributed by atoms with Gasteiger partial charge < -0.3 is 10.5 Å². The van der Waals surface area contributed by atoms with Gasteiger partial charge in [0.1, 0.15) is 5.75 Å². The van der Waals surface area contributed by atoms with Crippen molar-refractivity contribution in [3.05, 3.63) is 28.8 Å². The fraction of sp³-hybridized carbons (Fsp3) is 0.571. The molecular formula is C14H24ClNO. The van der Waals surface area contributed by atoms with Crippen LogP contribution in [0, 0.1) is 13.8 Å². The molecular weight excluding hydrogens is 234 g/mol. The number of benzene rings is 1. The van der Waals surface area contributed by atoms with E-state index >= 15 is 0 Å². The van der Waals surface area contributed by atoms with Crippen LogP contribution in [0.25, 0.3) is 0 Å². The first-order valence-electron chi connectivity index (χ1n) is 6.00. The van der Waals surface area contributed by atoms with Crippen molar-refractivity contribution in [2.45, 2.75) is 46.1 Å². The second kappa shape index (κ2) is 7.57. The molecule has 98 valence electrons. The van der Waals surface area contributed by atoms with E-state index in [1.54, 1.807) is 7.11 Å². The Bertz CT molecular complexity index is 329. The summed E-state index contributed by atoms with van der Waals surface area (Å²) < 4.78 is 5.35. The van der Waals surface area contributed by atoms with Crippen molar-refractivity contribution in [1.29, 1.82) is 0 Å². The highest BCUT2D eigenvalue weighted by Crippen LogP contribution is 2.27. The van der Waals surface area contributed by atoms with E-state index < -0.39 is 0 Å². The lowest BCUT2D eigenvalue weighted by Gasteiger charge is -2.16. The van der Waals surface area contributed by atoms with Crippen LogP contribution in [0.4, 0.5) is 0 Å². The smallest absolute Gasteiger partial charge is 0.124 e. The Morgan fingerprint density at radius 1 is 1.24 bits per heavy atom. The quantitative estimate of drug-likeness (QED) is 0.868. The van der Waals surface area contributed by atoms with Crippen molar-refractivity contribution >= 4 is 12.4 Å². The number of halogens is 1. The molecule has 0 spiro atoms. The van der Waals surface area contributed by atoms with E-state index in [4.69, 9.17) is 10.5 Å². The largest absolute Gasteiger partial charge is 0.496 e. The van der Waals surface area contributed by atoms with E-state index in [1.807, 2.05) is 0 Å². The predicted octanol–water partition coefficient (Wildman–Crippen LogP) is 3.92. The molecule has 0 amide bonds. The van der Waals surface area contributed by atoms with E-state index in [1.165, 1.54) is 29.5 Å². The van der Waals surface area contributed by atoms with E-state index in [-0.39, 0.29) is 18.4 Å². The molecule has 17 heavy (non-hydrogen) atoms. The van der Waals surface area contributed by atoms with Crippen LogP contribution in [-0.2, 0) is 0 Å². The topological polar surface area (TPSA) is 35.2 Å². The van der Waals surface area contributed by atoms with Crippen molar-refractivity contribution < 1.29 is 4.74 Å². The average Bonchev–Trinajstić information content (AvgIpc) is 2.25. The minimum absolute atomic E-state index is 0. The molecule has 0 bridgehead atoms. The Kier molecular flexibility index (Phi) is 7.24. The third-order valence-electron chi connectivity index (χ3n) is 2.98. The second-order valence-electron chi connectivity index (χ2n) is 4.44. The summed E-state index contributed by atoms with van der Waals surface area (Å²) in [5.41, 5.74) is 9.74. The summed E-state index contributed by atoms with van der Waals surface area (Å²) in [4.78, 5) is 0. The molecule has 1 atom stereocenters. The summed E-state index contributed by atoms with van der Waals surface area (Å²) in [5, 5.41) is 0. The molecule has 0 aromatic heterocycles. The van der Waals surface area contributed by atoms with Crippen LogP contribution in [0.15, 0.2) is 12.1 Å². The SMILES string of the molecule is CCCC[C@H](N)c1cc(C)c(OC)c(C)c1.Cl. The zero-order chi connectivity index (χ0) is 12.1. The van der Waals surface area contributed by atoms with Gasteiger partial charge in [-0.05, 0) is 37.0 Å². The number of methoxy groups -OCH3 is 1. The Balaban J connectivity index is 0.00000256. The normalized spacial score (nSPS) is 11.8. The lowest BCUT2D eigenvalue weighted by atomic mass is 9.97. The highest BCUT2D eigenvalue weighted by atomic mass is 35.5. The van der Waals surface area contributed by atoms with E-state index in [0.29, 0.717) is 0 Å². The summed E-state index contributed by atoms with van der Waals surface area (Å²) in [6.07, 6.45) is 3.44. The van der Waals surface area contributed by atoms with Gasteiger partial charge in [-0.2, -0.15) is 0 Å². The standard InChI is InChI=1S/C14H23NO.ClH/c1-5-6-7-13(15)12-8-10(2)14(16-4)11(3)9-12;/h8-9,13H,5-7,15H2,1-4H3;1H/t13-;/m0./s1. The Hall–Kier alpha value is -0.730. The molecule has 1 aromatic rings. The van der Waals surface area contributed by atoms with Gasteiger partial charge in [-0.1, -0.05) is 31.9 Å². The van der Waals surface area contributed by atoms with Crippen LogP contribution in [0.5, 0.6) is 5.75 Å². The van der Waals surface area contributed by atoms with Crippen LogP contribution >= 0.6 is 12.4 Å². The monoisotopic (exact) mass is 257 g/mol. The summed E-state index contributed by atoms with van der Waals surface area (Å²) >= 11 is 0. The molecule has 0 aliphatic heterocycles. The number of hydrogen-bond donors (Lipinski definition) is 1.